The number of benzene rings is 3. The molecular weight excluding hydrogens is 464 g/mol. The van der Waals surface area contributed by atoms with Gasteiger partial charge in [0.05, 0.1) is 22.3 Å². The molecule has 9 heteroatoms. The zero-order valence-corrected chi connectivity index (χ0v) is 20.1. The van der Waals surface area contributed by atoms with E-state index in [1.165, 1.54) is 31.2 Å². The highest BCUT2D eigenvalue weighted by Gasteiger charge is 2.14. The van der Waals surface area contributed by atoms with E-state index in [4.69, 9.17) is 0 Å². The molecule has 3 aromatic carbocycles. The predicted molar refractivity (Wildman–Crippen MR) is 134 cm³/mol. The molecule has 0 aliphatic heterocycles. The first-order chi connectivity index (χ1) is 16.8. The number of hydrogen-bond donors (Lipinski definition) is 2. The molecule has 0 saturated heterocycles. The van der Waals surface area contributed by atoms with E-state index in [9.17, 15) is 18.0 Å². The number of aromatic nitrogens is 2. The molecular formula is C26H26N4O4S. The molecule has 0 aliphatic rings. The topological polar surface area (TPSA) is 110 Å². The van der Waals surface area contributed by atoms with Gasteiger partial charge in [-0.2, -0.15) is 0 Å². The molecule has 4 rings (SSSR count). The Bertz CT molecular complexity index is 1440. The Kier molecular flexibility index (Phi) is 7.38. The Balaban J connectivity index is 1.25. The highest BCUT2D eigenvalue weighted by molar-refractivity contribution is 7.89. The minimum Gasteiger partial charge on any atom is -0.352 e. The monoisotopic (exact) mass is 490 g/mol. The van der Waals surface area contributed by atoms with E-state index in [1.807, 2.05) is 24.3 Å². The largest absolute Gasteiger partial charge is 0.352 e. The highest BCUT2D eigenvalue weighted by Crippen LogP contribution is 2.13. The first-order valence-corrected chi connectivity index (χ1v) is 12.7. The molecule has 8 nitrogen and oxygen atoms in total. The van der Waals surface area contributed by atoms with Crippen molar-refractivity contribution in [2.45, 2.75) is 31.3 Å². The molecule has 1 amide bonds. The van der Waals surface area contributed by atoms with Crippen LogP contribution in [0.1, 0.15) is 39.6 Å². The number of rotatable bonds is 10. The number of carbonyl (C=O) groups excluding carboxylic acids is 2. The van der Waals surface area contributed by atoms with Gasteiger partial charge in [-0.3, -0.25) is 9.59 Å². The Morgan fingerprint density at radius 2 is 1.60 bits per heavy atom. The fraction of sp³-hybridized carbons (Fsp3) is 0.192. The number of fused-ring (bicyclic) bond motifs is 1. The lowest BCUT2D eigenvalue weighted by Crippen LogP contribution is -2.25. The summed E-state index contributed by atoms with van der Waals surface area (Å²) < 4.78 is 29.6. The van der Waals surface area contributed by atoms with E-state index in [0.29, 0.717) is 17.7 Å². The fourth-order valence-corrected chi connectivity index (χ4v) is 4.66. The number of para-hydroxylation sites is 2. The van der Waals surface area contributed by atoms with Crippen LogP contribution in [0.15, 0.2) is 84.0 Å². The Hall–Kier alpha value is -3.82. The van der Waals surface area contributed by atoms with Crippen LogP contribution in [0.4, 0.5) is 0 Å². The van der Waals surface area contributed by atoms with Gasteiger partial charge in [0.15, 0.2) is 5.78 Å². The number of ketones is 1. The van der Waals surface area contributed by atoms with Gasteiger partial charge in [0.1, 0.15) is 0 Å². The van der Waals surface area contributed by atoms with Gasteiger partial charge in [0.25, 0.3) is 5.91 Å². The van der Waals surface area contributed by atoms with Crippen LogP contribution in [-0.4, -0.2) is 36.2 Å². The molecule has 1 heterocycles. The first-order valence-electron chi connectivity index (χ1n) is 11.2. The van der Waals surface area contributed by atoms with Crippen LogP contribution in [0.3, 0.4) is 0 Å². The van der Waals surface area contributed by atoms with Crippen LogP contribution in [0.5, 0.6) is 0 Å². The molecule has 0 radical (unpaired) electrons. The average molecular weight is 491 g/mol. The molecule has 0 bridgehead atoms. The van der Waals surface area contributed by atoms with Crippen molar-refractivity contribution in [1.82, 2.24) is 19.6 Å². The summed E-state index contributed by atoms with van der Waals surface area (Å²) >= 11 is 0. The van der Waals surface area contributed by atoms with Crippen molar-refractivity contribution in [3.05, 3.63) is 95.8 Å². The molecule has 4 aromatic rings. The van der Waals surface area contributed by atoms with Gasteiger partial charge in [-0.05, 0) is 55.3 Å². The summed E-state index contributed by atoms with van der Waals surface area (Å²) in [5.74, 6) is -0.309. The van der Waals surface area contributed by atoms with Crippen molar-refractivity contribution in [2.24, 2.45) is 0 Å². The second-order valence-corrected chi connectivity index (χ2v) is 9.91. The molecule has 1 aromatic heterocycles. The molecule has 0 aliphatic carbocycles. The number of nitrogens with zero attached hydrogens (tertiary/aromatic N) is 2. The van der Waals surface area contributed by atoms with Crippen molar-refractivity contribution in [1.29, 1.82) is 0 Å². The third-order valence-corrected chi connectivity index (χ3v) is 7.06. The maximum absolute atomic E-state index is 12.5. The second kappa shape index (κ2) is 10.6. The van der Waals surface area contributed by atoms with E-state index in [0.717, 1.165) is 29.6 Å². The van der Waals surface area contributed by atoms with Crippen molar-refractivity contribution in [3.63, 3.8) is 0 Å². The van der Waals surface area contributed by atoms with Gasteiger partial charge in [0, 0.05) is 30.8 Å². The van der Waals surface area contributed by atoms with Crippen LogP contribution in [0, 0.1) is 0 Å². The summed E-state index contributed by atoms with van der Waals surface area (Å²) in [6.07, 6.45) is 2.57. The highest BCUT2D eigenvalue weighted by atomic mass is 32.2. The van der Waals surface area contributed by atoms with E-state index in [-0.39, 0.29) is 23.1 Å². The third kappa shape index (κ3) is 6.00. The SMILES string of the molecule is CC(=O)c1ccc(S(=O)(=O)NCc2ccc(C(=O)NCCCn3cnc4ccccc43)cc2)cc1. The Morgan fingerprint density at radius 3 is 2.31 bits per heavy atom. The number of sulfonamides is 1. The van der Waals surface area contributed by atoms with Gasteiger partial charge in [-0.15, -0.1) is 0 Å². The van der Waals surface area contributed by atoms with Crippen molar-refractivity contribution >= 4 is 32.7 Å². The lowest BCUT2D eigenvalue weighted by Gasteiger charge is -2.09. The standard InChI is InChI=1S/C26H26N4O4S/c1-19(31)21-11-13-23(14-12-21)35(33,34)29-17-20-7-9-22(10-8-20)26(32)27-15-4-16-30-18-28-24-5-2-3-6-25(24)30/h2-3,5-14,18,29H,4,15-17H2,1H3,(H,27,32). The van der Waals surface area contributed by atoms with Crippen LogP contribution >= 0.6 is 0 Å². The smallest absolute Gasteiger partial charge is 0.251 e. The predicted octanol–water partition coefficient (Wildman–Crippen LogP) is 3.54. The van der Waals surface area contributed by atoms with Crippen LogP contribution in [0.25, 0.3) is 11.0 Å². The number of imidazole rings is 1. The third-order valence-electron chi connectivity index (χ3n) is 5.64. The number of amides is 1. The minimum absolute atomic E-state index is 0.0809. The zero-order valence-electron chi connectivity index (χ0n) is 19.3. The summed E-state index contributed by atoms with van der Waals surface area (Å²) in [4.78, 5) is 28.3. The normalized spacial score (nSPS) is 11.5. The quantitative estimate of drug-likeness (QED) is 0.261. The zero-order chi connectivity index (χ0) is 24.8. The van der Waals surface area contributed by atoms with E-state index in [1.54, 1.807) is 30.6 Å². The summed E-state index contributed by atoms with van der Waals surface area (Å²) in [6.45, 7) is 2.78. The van der Waals surface area contributed by atoms with Gasteiger partial charge < -0.3 is 9.88 Å². The van der Waals surface area contributed by atoms with Gasteiger partial charge in [0.2, 0.25) is 10.0 Å². The lowest BCUT2D eigenvalue weighted by atomic mass is 10.1. The van der Waals surface area contributed by atoms with E-state index in [2.05, 4.69) is 19.6 Å². The summed E-state index contributed by atoms with van der Waals surface area (Å²) in [5.41, 5.74) is 3.69. The van der Waals surface area contributed by atoms with Crippen molar-refractivity contribution in [3.8, 4) is 0 Å². The number of aryl methyl sites for hydroxylation is 1. The average Bonchev–Trinajstić information content (AvgIpc) is 3.29. The molecule has 0 unspecified atom stereocenters. The molecule has 35 heavy (non-hydrogen) atoms. The molecule has 0 spiro atoms. The van der Waals surface area contributed by atoms with Gasteiger partial charge in [-0.1, -0.05) is 36.4 Å². The van der Waals surface area contributed by atoms with Crippen LogP contribution in [0.2, 0.25) is 0 Å². The maximum atomic E-state index is 12.5. The number of carbonyl (C=O) groups is 2. The van der Waals surface area contributed by atoms with Crippen molar-refractivity contribution in [2.75, 3.05) is 6.54 Å². The molecule has 2 N–H and O–H groups in total. The molecule has 180 valence electrons. The molecule has 0 saturated carbocycles. The first kappa shape index (κ1) is 24.3. The molecule has 0 atom stereocenters. The van der Waals surface area contributed by atoms with Gasteiger partial charge in [-0.25, -0.2) is 18.1 Å². The Morgan fingerprint density at radius 1 is 0.914 bits per heavy atom. The van der Waals surface area contributed by atoms with Crippen molar-refractivity contribution < 1.29 is 18.0 Å². The maximum Gasteiger partial charge on any atom is 0.251 e. The van der Waals surface area contributed by atoms with Crippen LogP contribution in [-0.2, 0) is 23.1 Å². The lowest BCUT2D eigenvalue weighted by molar-refractivity contribution is 0.0951. The fourth-order valence-electron chi connectivity index (χ4n) is 3.65. The number of nitrogens with one attached hydrogen (secondary N) is 2. The van der Waals surface area contributed by atoms with Crippen LogP contribution < -0.4 is 10.0 Å². The van der Waals surface area contributed by atoms with E-state index < -0.39 is 10.0 Å². The number of Topliss-reactive ketones (excluding diaryl/α,β-unsaturated/α-hetero) is 1. The minimum atomic E-state index is -3.72. The Labute approximate surface area is 204 Å². The summed E-state index contributed by atoms with van der Waals surface area (Å²) in [7, 11) is -3.72. The van der Waals surface area contributed by atoms with Gasteiger partial charge >= 0.3 is 0 Å². The summed E-state index contributed by atoms with van der Waals surface area (Å²) in [5, 5.41) is 2.91. The van der Waals surface area contributed by atoms with E-state index >= 15 is 0 Å². The molecule has 0 fully saturated rings. The number of hydrogen-bond acceptors (Lipinski definition) is 5. The summed E-state index contributed by atoms with van der Waals surface area (Å²) in [6, 6.07) is 20.5. The second-order valence-electron chi connectivity index (χ2n) is 8.14.